The molecule has 2 aromatic rings. The number of fused-ring (bicyclic) bond motifs is 14. The van der Waals surface area contributed by atoms with Crippen molar-refractivity contribution in [1.82, 2.24) is 10.0 Å². The minimum Gasteiger partial charge on any atom is -0.507 e. The van der Waals surface area contributed by atoms with Gasteiger partial charge in [-0.15, -0.1) is 0 Å². The van der Waals surface area contributed by atoms with Crippen LogP contribution in [0, 0.1) is 30.6 Å². The van der Waals surface area contributed by atoms with Gasteiger partial charge in [0.05, 0.1) is 41.2 Å². The fraction of sp³-hybridized carbons (Fsp3) is 0.565. The first-order valence-corrected chi connectivity index (χ1v) is 21.3. The minimum absolute atomic E-state index is 0.0530. The van der Waals surface area contributed by atoms with E-state index in [-0.39, 0.29) is 50.6 Å². The van der Waals surface area contributed by atoms with Crippen molar-refractivity contribution in [3.63, 3.8) is 0 Å². The molecular weight excluding hydrogens is 803 g/mol. The number of esters is 1. The number of piperidine rings is 1. The summed E-state index contributed by atoms with van der Waals surface area (Å²) >= 11 is 0. The second-order valence-corrected chi connectivity index (χ2v) is 16.8. The van der Waals surface area contributed by atoms with Gasteiger partial charge in [-0.1, -0.05) is 52.3 Å². The summed E-state index contributed by atoms with van der Waals surface area (Å²) < 4.78 is 30.0. The van der Waals surface area contributed by atoms with E-state index in [2.05, 4.69) is 5.32 Å². The summed E-state index contributed by atoms with van der Waals surface area (Å²) in [6.45, 7) is 15.8. The molecular formula is C46H63N3O13. The highest BCUT2D eigenvalue weighted by molar-refractivity contribution is 6.21. The lowest BCUT2D eigenvalue weighted by Crippen LogP contribution is -2.50. The molecule has 340 valence electrons. The van der Waals surface area contributed by atoms with Gasteiger partial charge in [-0.3, -0.25) is 24.2 Å². The first kappa shape index (κ1) is 47.9. The van der Waals surface area contributed by atoms with Crippen molar-refractivity contribution in [1.29, 1.82) is 0 Å². The Balaban J connectivity index is 1.66. The molecule has 5 N–H and O–H groups in total. The van der Waals surface area contributed by atoms with Gasteiger partial charge in [0.15, 0.2) is 12.4 Å². The molecule has 0 aliphatic carbocycles. The summed E-state index contributed by atoms with van der Waals surface area (Å²) in [5.74, 6) is -8.00. The molecule has 0 spiro atoms. The number of Topliss-reactive ketones (excluding diaryl/α,β-unsaturated/α-hetero) is 1. The Morgan fingerprint density at radius 1 is 0.968 bits per heavy atom. The zero-order valence-corrected chi connectivity index (χ0v) is 37.4. The number of nitrogens with zero attached hydrogens (tertiary/aromatic N) is 2. The van der Waals surface area contributed by atoms with Gasteiger partial charge in [0.1, 0.15) is 23.4 Å². The van der Waals surface area contributed by atoms with Crippen molar-refractivity contribution in [2.45, 2.75) is 112 Å². The number of phenols is 2. The largest absolute Gasteiger partial charge is 0.507 e. The second-order valence-electron chi connectivity index (χ2n) is 16.8. The van der Waals surface area contributed by atoms with Crippen LogP contribution in [0.5, 0.6) is 23.0 Å². The number of methoxy groups -OCH3 is 1. The number of rotatable bonds is 7. The Kier molecular flexibility index (Phi) is 15.4. The molecule has 16 heteroatoms. The molecule has 2 amide bonds. The number of hydrogen-bond donors (Lipinski definition) is 5. The standard InChI is InChI=1S/C46H63N3O13/c1-11-49(48-19-13-12-14-20-48)34(51)23-59-33-22-31-41(55)36-35(33)37-43(29(7)40(36)54)62-46(9,44(37)56)60-21-18-32(58-10)26(4)42(61-30(8)50)28(6)39(53)27(5)38(52)24(2)16-15-17-25(3)45(57)47-31/h15-18,21-22,24,26-28,32,38-39,42,52-55H,11-14,19-20,23H2,1-10H3,(H,47,57)/b16-15+,21-18+,25-17-/t24-,26+,27+,28+,32-,38-,39+,42+,46-/m0/s1. The Morgan fingerprint density at radius 2 is 1.65 bits per heavy atom. The van der Waals surface area contributed by atoms with Crippen LogP contribution in [-0.2, 0) is 28.6 Å². The second kappa shape index (κ2) is 19.9. The normalized spacial score (nSPS) is 30.7. The number of carbonyl (C=O) groups excluding carboxylic acids is 4. The Labute approximate surface area is 363 Å². The molecule has 1 saturated heterocycles. The van der Waals surface area contributed by atoms with Crippen molar-refractivity contribution in [2.75, 3.05) is 38.7 Å². The Hall–Kier alpha value is -5.16. The minimum atomic E-state index is -2.03. The molecule has 16 nitrogen and oxygen atoms in total. The van der Waals surface area contributed by atoms with Crippen molar-refractivity contribution in [2.24, 2.45) is 23.7 Å². The predicted molar refractivity (Wildman–Crippen MR) is 230 cm³/mol. The van der Waals surface area contributed by atoms with E-state index in [0.29, 0.717) is 19.6 Å². The summed E-state index contributed by atoms with van der Waals surface area (Å²) in [5, 5.41) is 52.3. The van der Waals surface area contributed by atoms with Crippen molar-refractivity contribution >= 4 is 40.0 Å². The van der Waals surface area contributed by atoms with Crippen molar-refractivity contribution < 1.29 is 63.3 Å². The summed E-state index contributed by atoms with van der Waals surface area (Å²) in [7, 11) is 1.44. The van der Waals surface area contributed by atoms with Crippen molar-refractivity contribution in [3.05, 3.63) is 53.3 Å². The van der Waals surface area contributed by atoms with Crippen LogP contribution in [-0.4, -0.2) is 118 Å². The highest BCUT2D eigenvalue weighted by Gasteiger charge is 2.50. The van der Waals surface area contributed by atoms with Gasteiger partial charge in [-0.2, -0.15) is 0 Å². The molecule has 6 rings (SSSR count). The number of aliphatic hydroxyl groups excluding tert-OH is 2. The lowest BCUT2D eigenvalue weighted by atomic mass is 9.78. The van der Waals surface area contributed by atoms with Gasteiger partial charge in [-0.05, 0) is 39.7 Å². The zero-order valence-electron chi connectivity index (χ0n) is 37.4. The van der Waals surface area contributed by atoms with Crippen LogP contribution >= 0.6 is 0 Å². The summed E-state index contributed by atoms with van der Waals surface area (Å²) in [4.78, 5) is 54.3. The van der Waals surface area contributed by atoms with E-state index in [1.807, 2.05) is 11.9 Å². The molecule has 5 bridgehead atoms. The number of ketones is 1. The fourth-order valence-electron chi connectivity index (χ4n) is 8.62. The molecule has 0 radical (unpaired) electrons. The maximum absolute atomic E-state index is 14.6. The number of likely N-dealkylation sites (N-methyl/N-ethyl adjacent to an activating group) is 1. The molecule has 0 unspecified atom stereocenters. The van der Waals surface area contributed by atoms with Gasteiger partial charge in [-0.25, -0.2) is 5.01 Å². The fourth-order valence-corrected chi connectivity index (χ4v) is 8.62. The lowest BCUT2D eigenvalue weighted by Gasteiger charge is -2.38. The van der Waals surface area contributed by atoms with Crippen LogP contribution in [0.4, 0.5) is 5.69 Å². The molecule has 4 aliphatic rings. The zero-order chi connectivity index (χ0) is 45.8. The van der Waals surface area contributed by atoms with Crippen LogP contribution < -0.4 is 14.8 Å². The number of hydrogen-bond acceptors (Lipinski definition) is 14. The maximum atomic E-state index is 14.6. The number of phenolic OH excluding ortho intramolecular Hbond substituents is 2. The van der Waals surface area contributed by atoms with E-state index in [4.69, 9.17) is 23.7 Å². The third-order valence-corrected chi connectivity index (χ3v) is 12.4. The number of anilines is 1. The predicted octanol–water partition coefficient (Wildman–Crippen LogP) is 5.68. The summed E-state index contributed by atoms with van der Waals surface area (Å²) in [6, 6.07) is 1.29. The topological polar surface area (TPSA) is 214 Å². The number of benzene rings is 2. The van der Waals surface area contributed by atoms with Crippen LogP contribution in [0.3, 0.4) is 0 Å². The maximum Gasteiger partial charge on any atom is 0.312 e. The monoisotopic (exact) mass is 865 g/mol. The number of nitrogens with one attached hydrogen (secondary N) is 1. The van der Waals surface area contributed by atoms with Crippen LogP contribution in [0.1, 0.15) is 90.6 Å². The SMILES string of the molecule is CCN(C(=O)COc1cc2c(O)c3c(O)c(C)c4c(c13)C(=O)[C@@](C)(O/C=C/[C@H](OC)[C@@H](C)[C@@H](OC(C)=O)[C@H](C)[C@H](O)[C@H](C)[C@@H](O)[C@@H](C)/C=C/C=C(/C)C(=O)N2)O4)N1CCCCC1. The van der Waals surface area contributed by atoms with E-state index >= 15 is 0 Å². The number of aliphatic hydroxyl groups is 2. The number of carbonyl (C=O) groups is 4. The molecule has 62 heavy (non-hydrogen) atoms. The van der Waals surface area contributed by atoms with E-state index in [9.17, 15) is 39.6 Å². The van der Waals surface area contributed by atoms with Crippen LogP contribution in [0.15, 0.2) is 42.2 Å². The quantitative estimate of drug-likeness (QED) is 0.168. The number of ether oxygens (including phenoxy) is 5. The van der Waals surface area contributed by atoms with Gasteiger partial charge in [0.25, 0.3) is 17.6 Å². The van der Waals surface area contributed by atoms with Gasteiger partial charge < -0.3 is 49.4 Å². The Bertz CT molecular complexity index is 2110. The number of amides is 2. The first-order chi connectivity index (χ1) is 29.3. The number of hydrazine groups is 1. The summed E-state index contributed by atoms with van der Waals surface area (Å²) in [6.07, 6.45) is 6.57. The number of allylic oxidation sites excluding steroid dienone is 2. The molecule has 4 aliphatic heterocycles. The van der Waals surface area contributed by atoms with Gasteiger partial charge >= 0.3 is 11.8 Å². The third-order valence-electron chi connectivity index (χ3n) is 12.4. The molecule has 0 aromatic heterocycles. The molecule has 2 aromatic carbocycles. The third kappa shape index (κ3) is 9.73. The molecule has 0 saturated carbocycles. The molecule has 9 atom stereocenters. The highest BCUT2D eigenvalue weighted by Crippen LogP contribution is 2.54. The van der Waals surface area contributed by atoms with Crippen LogP contribution in [0.25, 0.3) is 10.8 Å². The average molecular weight is 866 g/mol. The van der Waals surface area contributed by atoms with E-state index in [1.165, 1.54) is 59.3 Å². The lowest BCUT2D eigenvalue weighted by molar-refractivity contribution is -0.160. The van der Waals surface area contributed by atoms with Crippen molar-refractivity contribution in [3.8, 4) is 23.0 Å². The number of aromatic hydroxyl groups is 2. The van der Waals surface area contributed by atoms with Gasteiger partial charge in [0, 0.05) is 86.9 Å². The van der Waals surface area contributed by atoms with Gasteiger partial charge in [0.2, 0.25) is 0 Å². The van der Waals surface area contributed by atoms with Crippen LogP contribution in [0.2, 0.25) is 0 Å². The Morgan fingerprint density at radius 3 is 2.27 bits per heavy atom. The van der Waals surface area contributed by atoms with E-state index < -0.39 is 89.6 Å². The van der Waals surface area contributed by atoms with E-state index in [1.54, 1.807) is 44.9 Å². The average Bonchev–Trinajstić information content (AvgIpc) is 3.51. The highest BCUT2D eigenvalue weighted by atomic mass is 16.7. The smallest absolute Gasteiger partial charge is 0.312 e. The first-order valence-electron chi connectivity index (χ1n) is 21.3. The molecule has 4 heterocycles. The van der Waals surface area contributed by atoms with E-state index in [0.717, 1.165) is 19.3 Å². The summed E-state index contributed by atoms with van der Waals surface area (Å²) in [5.41, 5.74) is 0.00879. The molecule has 1 fully saturated rings.